The Hall–Kier alpha value is -5.47. The van der Waals surface area contributed by atoms with Gasteiger partial charge in [-0.1, -0.05) is 145 Å². The fourth-order valence-corrected chi connectivity index (χ4v) is 5.04. The number of para-hydroxylation sites is 2. The fourth-order valence-electron chi connectivity index (χ4n) is 5.04. The maximum absolute atomic E-state index is 4.84. The Morgan fingerprint density at radius 3 is 1.33 bits per heavy atom. The third kappa shape index (κ3) is 6.89. The Bertz CT molecular complexity index is 1730. The largest absolute Gasteiger partial charge is 0.234 e. The van der Waals surface area contributed by atoms with Crippen molar-refractivity contribution < 1.29 is 0 Å². The predicted molar refractivity (Wildman–Crippen MR) is 184 cm³/mol. The van der Waals surface area contributed by atoms with Gasteiger partial charge in [0.15, 0.2) is 0 Å². The number of aryl methyl sites for hydroxylation is 2. The molecule has 0 N–H and O–H groups in total. The van der Waals surface area contributed by atoms with Crippen molar-refractivity contribution in [1.29, 1.82) is 0 Å². The first-order chi connectivity index (χ1) is 21.1. The summed E-state index contributed by atoms with van der Waals surface area (Å²) in [5, 5.41) is 6.80. The number of hydrogen-bond donors (Lipinski definition) is 0. The summed E-state index contributed by atoms with van der Waals surface area (Å²) < 4.78 is 0. The average Bonchev–Trinajstić information content (AvgIpc) is 3.06. The molecule has 0 saturated carbocycles. The molecule has 0 saturated heterocycles. The van der Waals surface area contributed by atoms with Crippen LogP contribution in [0.1, 0.15) is 33.4 Å². The van der Waals surface area contributed by atoms with Gasteiger partial charge in [0.2, 0.25) is 0 Å². The molecule has 2 heteroatoms. The predicted octanol–water partition coefficient (Wildman–Crippen LogP) is 10.7. The van der Waals surface area contributed by atoms with Gasteiger partial charge in [-0.05, 0) is 83.1 Å². The molecule has 6 aromatic rings. The Morgan fingerprint density at radius 2 is 0.884 bits per heavy atom. The molecule has 208 valence electrons. The van der Waals surface area contributed by atoms with E-state index in [-0.39, 0.29) is 0 Å². The Labute approximate surface area is 254 Å². The van der Waals surface area contributed by atoms with Gasteiger partial charge < -0.3 is 0 Å². The zero-order valence-corrected chi connectivity index (χ0v) is 24.6. The van der Waals surface area contributed by atoms with Gasteiger partial charge in [0.1, 0.15) is 0 Å². The molecule has 0 aromatic heterocycles. The molecule has 0 spiro atoms. The zero-order chi connectivity index (χ0) is 29.4. The minimum absolute atomic E-state index is 1.02. The summed E-state index contributed by atoms with van der Waals surface area (Å²) in [5.41, 5.74) is 12.8. The molecule has 0 aliphatic carbocycles. The van der Waals surface area contributed by atoms with Gasteiger partial charge in [0, 0.05) is 0 Å². The van der Waals surface area contributed by atoms with Crippen molar-refractivity contribution in [2.24, 2.45) is 5.10 Å². The fraction of sp³-hybridized carbons (Fsp3) is 0.0488. The monoisotopic (exact) mass is 554 g/mol. The van der Waals surface area contributed by atoms with Crippen molar-refractivity contribution in [1.82, 2.24) is 0 Å². The van der Waals surface area contributed by atoms with Crippen LogP contribution in [0.25, 0.3) is 22.8 Å². The lowest BCUT2D eigenvalue weighted by Crippen LogP contribution is -2.09. The summed E-state index contributed by atoms with van der Waals surface area (Å²) in [7, 11) is 0. The highest BCUT2D eigenvalue weighted by Crippen LogP contribution is 2.29. The van der Waals surface area contributed by atoms with Gasteiger partial charge in [-0.25, -0.2) is 5.01 Å². The van der Waals surface area contributed by atoms with Crippen LogP contribution in [0.3, 0.4) is 0 Å². The summed E-state index contributed by atoms with van der Waals surface area (Å²) >= 11 is 0. The van der Waals surface area contributed by atoms with E-state index in [0.29, 0.717) is 0 Å². The molecule has 6 rings (SSSR count). The molecule has 6 aromatic carbocycles. The van der Waals surface area contributed by atoms with Crippen LogP contribution in [0.2, 0.25) is 0 Å². The highest BCUT2D eigenvalue weighted by atomic mass is 15.5. The van der Waals surface area contributed by atoms with Crippen molar-refractivity contribution in [3.63, 3.8) is 0 Å². The second kappa shape index (κ2) is 13.0. The van der Waals surface area contributed by atoms with E-state index >= 15 is 0 Å². The van der Waals surface area contributed by atoms with E-state index in [1.807, 2.05) is 47.6 Å². The average molecular weight is 555 g/mol. The van der Waals surface area contributed by atoms with Crippen LogP contribution in [0.15, 0.2) is 163 Å². The normalized spacial score (nSPS) is 10.9. The van der Waals surface area contributed by atoms with Crippen LogP contribution >= 0.6 is 0 Å². The first kappa shape index (κ1) is 27.7. The lowest BCUT2D eigenvalue weighted by atomic mass is 9.94. The van der Waals surface area contributed by atoms with Gasteiger partial charge in [0.05, 0.1) is 17.6 Å². The van der Waals surface area contributed by atoms with Gasteiger partial charge in [0.25, 0.3) is 0 Å². The van der Waals surface area contributed by atoms with E-state index in [1.54, 1.807) is 0 Å². The van der Waals surface area contributed by atoms with Crippen LogP contribution in [-0.4, -0.2) is 6.21 Å². The van der Waals surface area contributed by atoms with Crippen LogP contribution in [0, 0.1) is 13.8 Å². The van der Waals surface area contributed by atoms with Crippen LogP contribution in [-0.2, 0) is 0 Å². The van der Waals surface area contributed by atoms with Crippen LogP contribution < -0.4 is 5.01 Å². The molecule has 0 radical (unpaired) electrons. The summed E-state index contributed by atoms with van der Waals surface area (Å²) in [4.78, 5) is 0. The van der Waals surface area contributed by atoms with E-state index < -0.39 is 0 Å². The number of anilines is 2. The number of benzene rings is 6. The van der Waals surface area contributed by atoms with Gasteiger partial charge in [-0.2, -0.15) is 5.10 Å². The van der Waals surface area contributed by atoms with E-state index in [2.05, 4.69) is 141 Å². The number of rotatable bonds is 8. The Morgan fingerprint density at radius 1 is 0.465 bits per heavy atom. The quantitative estimate of drug-likeness (QED) is 0.104. The molecule has 0 amide bonds. The third-order valence-corrected chi connectivity index (χ3v) is 7.51. The highest BCUT2D eigenvalue weighted by molar-refractivity contribution is 5.92. The summed E-state index contributed by atoms with van der Waals surface area (Å²) in [6.45, 7) is 4.25. The maximum atomic E-state index is 4.84. The van der Waals surface area contributed by atoms with E-state index in [0.717, 1.165) is 16.9 Å². The number of nitrogens with zero attached hydrogens (tertiary/aromatic N) is 2. The van der Waals surface area contributed by atoms with Crippen LogP contribution in [0.5, 0.6) is 0 Å². The zero-order valence-electron chi connectivity index (χ0n) is 24.6. The lowest BCUT2D eigenvalue weighted by molar-refractivity contribution is 1.09. The Balaban J connectivity index is 1.23. The molecule has 0 heterocycles. The molecule has 0 unspecified atom stereocenters. The summed E-state index contributed by atoms with van der Waals surface area (Å²) in [6.07, 6.45) is 4.19. The third-order valence-electron chi connectivity index (χ3n) is 7.51. The molecular formula is C41H34N2. The summed E-state index contributed by atoms with van der Waals surface area (Å²) in [6, 6.07) is 55.3. The summed E-state index contributed by atoms with van der Waals surface area (Å²) in [5.74, 6) is 0. The first-order valence-electron chi connectivity index (χ1n) is 14.6. The smallest absolute Gasteiger partial charge is 0.0652 e. The molecule has 0 bridgehead atoms. The van der Waals surface area contributed by atoms with Crippen molar-refractivity contribution in [2.45, 2.75) is 13.8 Å². The first-order valence-corrected chi connectivity index (χ1v) is 14.6. The number of hydrogen-bond acceptors (Lipinski definition) is 2. The SMILES string of the molecule is Cc1ccc(C(=Cc2ccc(-c3ccc(/C=N/N(c4ccccc4)c4ccccc4)cc3)cc2)c2ccc(C)cc2)cc1. The molecule has 0 aliphatic heterocycles. The topological polar surface area (TPSA) is 15.6 Å². The van der Waals surface area contributed by atoms with E-state index in [4.69, 9.17) is 5.10 Å². The lowest BCUT2D eigenvalue weighted by Gasteiger charge is -2.19. The molecular weight excluding hydrogens is 520 g/mol. The molecule has 43 heavy (non-hydrogen) atoms. The van der Waals surface area contributed by atoms with Gasteiger partial charge in [-0.15, -0.1) is 0 Å². The molecule has 0 aliphatic rings. The minimum atomic E-state index is 1.02. The van der Waals surface area contributed by atoms with Crippen LogP contribution in [0.4, 0.5) is 11.4 Å². The number of hydrazone groups is 1. The second-order valence-corrected chi connectivity index (χ2v) is 10.8. The minimum Gasteiger partial charge on any atom is -0.234 e. The van der Waals surface area contributed by atoms with Crippen molar-refractivity contribution in [3.05, 3.63) is 191 Å². The van der Waals surface area contributed by atoms with E-state index in [9.17, 15) is 0 Å². The van der Waals surface area contributed by atoms with Gasteiger partial charge >= 0.3 is 0 Å². The Kier molecular flexibility index (Phi) is 8.38. The van der Waals surface area contributed by atoms with Crippen molar-refractivity contribution in [3.8, 4) is 11.1 Å². The van der Waals surface area contributed by atoms with Crippen molar-refractivity contribution >= 4 is 29.2 Å². The molecule has 2 nitrogen and oxygen atoms in total. The highest BCUT2D eigenvalue weighted by Gasteiger charge is 2.08. The molecule has 0 fully saturated rings. The van der Waals surface area contributed by atoms with Crippen molar-refractivity contribution in [2.75, 3.05) is 5.01 Å². The second-order valence-electron chi connectivity index (χ2n) is 10.8. The molecule has 0 atom stereocenters. The van der Waals surface area contributed by atoms with E-state index in [1.165, 1.54) is 44.5 Å². The maximum Gasteiger partial charge on any atom is 0.0652 e. The van der Waals surface area contributed by atoms with Gasteiger partial charge in [-0.3, -0.25) is 0 Å². The standard InChI is InChI=1S/C41H34N2/c1-31-13-21-37(22-14-31)41(38-23-15-32(2)16-24-38)29-33-17-25-35(26-18-33)36-27-19-34(20-28-36)30-42-43(39-9-5-3-6-10-39)40-11-7-4-8-12-40/h3-30H,1-2H3/b42-30+.